The molecule has 0 radical (unpaired) electrons. The van der Waals surface area contributed by atoms with Crippen LogP contribution >= 0.6 is 22.6 Å². The normalized spacial score (nSPS) is 13.8. The molecular formula is C25H26FIN6O3. The first-order valence-electron chi connectivity index (χ1n) is 11.6. The van der Waals surface area contributed by atoms with Crippen molar-refractivity contribution >= 4 is 51.7 Å². The van der Waals surface area contributed by atoms with Gasteiger partial charge in [0.05, 0.1) is 11.9 Å². The van der Waals surface area contributed by atoms with E-state index in [-0.39, 0.29) is 17.3 Å². The number of carbonyl (C=O) groups is 3. The lowest BCUT2D eigenvalue weighted by molar-refractivity contribution is 0.0952. The number of nitrogens with one attached hydrogen (secondary N) is 2. The fourth-order valence-electron chi connectivity index (χ4n) is 4.14. The zero-order valence-corrected chi connectivity index (χ0v) is 21.6. The number of aromatic amines is 1. The van der Waals surface area contributed by atoms with Gasteiger partial charge in [-0.05, 0) is 91.0 Å². The summed E-state index contributed by atoms with van der Waals surface area (Å²) >= 11 is 1.91. The SMILES string of the molecule is NC(=O)c1[nH]cnc1C(=O)N(CCN1CCCCC1)c1ccc(NC(=O)c2ccc(F)cc2I)cc1. The van der Waals surface area contributed by atoms with E-state index in [2.05, 4.69) is 20.2 Å². The molecule has 1 aliphatic rings. The van der Waals surface area contributed by atoms with Gasteiger partial charge in [0.1, 0.15) is 11.5 Å². The van der Waals surface area contributed by atoms with Crippen LogP contribution in [0.15, 0.2) is 48.8 Å². The highest BCUT2D eigenvalue weighted by atomic mass is 127. The lowest BCUT2D eigenvalue weighted by Crippen LogP contribution is -2.41. The summed E-state index contributed by atoms with van der Waals surface area (Å²) in [7, 11) is 0. The zero-order valence-electron chi connectivity index (χ0n) is 19.5. The summed E-state index contributed by atoms with van der Waals surface area (Å²) in [6.45, 7) is 3.02. The Morgan fingerprint density at radius 2 is 1.83 bits per heavy atom. The van der Waals surface area contributed by atoms with Gasteiger partial charge < -0.3 is 25.8 Å². The van der Waals surface area contributed by atoms with Crippen molar-refractivity contribution in [2.24, 2.45) is 5.73 Å². The van der Waals surface area contributed by atoms with Gasteiger partial charge in [0.25, 0.3) is 17.7 Å². The summed E-state index contributed by atoms with van der Waals surface area (Å²) in [6, 6.07) is 10.8. The number of rotatable bonds is 8. The zero-order chi connectivity index (χ0) is 25.7. The number of primary amides is 1. The first kappa shape index (κ1) is 25.8. The predicted molar refractivity (Wildman–Crippen MR) is 143 cm³/mol. The number of nitrogens with zero attached hydrogens (tertiary/aromatic N) is 3. The molecule has 9 nitrogen and oxygen atoms in total. The lowest BCUT2D eigenvalue weighted by atomic mass is 10.1. The first-order valence-corrected chi connectivity index (χ1v) is 12.6. The van der Waals surface area contributed by atoms with Crippen LogP contribution in [0, 0.1) is 9.39 Å². The first-order chi connectivity index (χ1) is 17.3. The maximum absolute atomic E-state index is 13.4. The van der Waals surface area contributed by atoms with Gasteiger partial charge in [0.15, 0.2) is 5.69 Å². The minimum absolute atomic E-state index is 0.0376. The van der Waals surface area contributed by atoms with Gasteiger partial charge in [0, 0.05) is 28.0 Å². The Morgan fingerprint density at radius 3 is 2.50 bits per heavy atom. The number of aromatic nitrogens is 2. The Kier molecular flexibility index (Phi) is 8.31. The number of hydrogen-bond acceptors (Lipinski definition) is 5. The molecule has 4 rings (SSSR count). The van der Waals surface area contributed by atoms with Gasteiger partial charge >= 0.3 is 0 Å². The molecule has 0 spiro atoms. The molecule has 2 aromatic carbocycles. The molecular weight excluding hydrogens is 578 g/mol. The van der Waals surface area contributed by atoms with Gasteiger partial charge in [-0.3, -0.25) is 14.4 Å². The maximum atomic E-state index is 13.4. The van der Waals surface area contributed by atoms with Gasteiger partial charge in [0.2, 0.25) is 0 Å². The molecule has 1 saturated heterocycles. The van der Waals surface area contributed by atoms with Crippen LogP contribution in [-0.4, -0.2) is 58.8 Å². The van der Waals surface area contributed by atoms with E-state index in [1.165, 1.54) is 30.9 Å². The summed E-state index contributed by atoms with van der Waals surface area (Å²) in [5.41, 5.74) is 6.79. The fourth-order valence-corrected chi connectivity index (χ4v) is 4.86. The molecule has 2 heterocycles. The van der Waals surface area contributed by atoms with Crippen molar-refractivity contribution in [2.45, 2.75) is 19.3 Å². The molecule has 0 bridgehead atoms. The van der Waals surface area contributed by atoms with Gasteiger partial charge in [-0.1, -0.05) is 6.42 Å². The Balaban J connectivity index is 1.54. The number of nitrogens with two attached hydrogens (primary N) is 1. The van der Waals surface area contributed by atoms with Crippen molar-refractivity contribution in [1.82, 2.24) is 14.9 Å². The second-order valence-corrected chi connectivity index (χ2v) is 9.64. The minimum Gasteiger partial charge on any atom is -0.364 e. The van der Waals surface area contributed by atoms with E-state index in [0.717, 1.165) is 25.9 Å². The molecule has 36 heavy (non-hydrogen) atoms. The van der Waals surface area contributed by atoms with Crippen LogP contribution < -0.4 is 16.0 Å². The molecule has 1 aliphatic heterocycles. The molecule has 3 aromatic rings. The molecule has 1 aromatic heterocycles. The van der Waals surface area contributed by atoms with Crippen LogP contribution in [0.5, 0.6) is 0 Å². The van der Waals surface area contributed by atoms with Crippen LogP contribution in [0.2, 0.25) is 0 Å². The third-order valence-corrected chi connectivity index (χ3v) is 6.93. The highest BCUT2D eigenvalue weighted by molar-refractivity contribution is 14.1. The van der Waals surface area contributed by atoms with Crippen LogP contribution in [0.3, 0.4) is 0 Å². The van der Waals surface area contributed by atoms with E-state index >= 15 is 0 Å². The quantitative estimate of drug-likeness (QED) is 0.339. The number of likely N-dealkylation sites (tertiary alicyclic amines) is 1. The monoisotopic (exact) mass is 604 g/mol. The number of carbonyl (C=O) groups excluding carboxylic acids is 3. The average Bonchev–Trinajstić information content (AvgIpc) is 3.36. The number of halogens is 2. The number of H-pyrrole nitrogens is 1. The second kappa shape index (κ2) is 11.6. The molecule has 0 aliphatic carbocycles. The predicted octanol–water partition coefficient (Wildman–Crippen LogP) is 3.64. The number of piperidine rings is 1. The number of benzene rings is 2. The van der Waals surface area contributed by atoms with Gasteiger partial charge in [-0.25, -0.2) is 9.37 Å². The second-order valence-electron chi connectivity index (χ2n) is 8.47. The van der Waals surface area contributed by atoms with E-state index in [0.29, 0.717) is 33.6 Å². The summed E-state index contributed by atoms with van der Waals surface area (Å²) in [4.78, 5) is 48.4. The highest BCUT2D eigenvalue weighted by Gasteiger charge is 2.26. The van der Waals surface area contributed by atoms with Crippen molar-refractivity contribution < 1.29 is 18.8 Å². The smallest absolute Gasteiger partial charge is 0.279 e. The van der Waals surface area contributed by atoms with E-state index in [4.69, 9.17) is 5.73 Å². The third-order valence-electron chi connectivity index (χ3n) is 6.03. The average molecular weight is 604 g/mol. The topological polar surface area (TPSA) is 124 Å². The van der Waals surface area contributed by atoms with Crippen molar-refractivity contribution in [2.75, 3.05) is 36.4 Å². The molecule has 0 saturated carbocycles. The number of imidazole rings is 1. The molecule has 0 unspecified atom stereocenters. The van der Waals surface area contributed by atoms with E-state index < -0.39 is 17.6 Å². The van der Waals surface area contributed by atoms with E-state index in [9.17, 15) is 18.8 Å². The van der Waals surface area contributed by atoms with Crippen molar-refractivity contribution in [3.8, 4) is 0 Å². The molecule has 188 valence electrons. The Bertz CT molecular complexity index is 1260. The Labute approximate surface area is 221 Å². The fraction of sp³-hybridized carbons (Fsp3) is 0.280. The standard InChI is InChI=1S/C25H26FIN6O3/c26-16-4-9-19(20(27)14-16)24(35)31-17-5-7-18(8-6-17)33(13-12-32-10-2-1-3-11-32)25(36)22-21(23(28)34)29-15-30-22/h4-9,14-15H,1-3,10-13H2,(H2,28,34)(H,29,30)(H,31,35). The Hall–Kier alpha value is -3.32. The maximum Gasteiger partial charge on any atom is 0.279 e. The third kappa shape index (κ3) is 6.08. The largest absolute Gasteiger partial charge is 0.364 e. The summed E-state index contributed by atoms with van der Waals surface area (Å²) in [6.07, 6.45) is 4.73. The van der Waals surface area contributed by atoms with E-state index in [1.54, 1.807) is 29.2 Å². The number of hydrogen-bond donors (Lipinski definition) is 3. The highest BCUT2D eigenvalue weighted by Crippen LogP contribution is 2.23. The molecule has 11 heteroatoms. The summed E-state index contributed by atoms with van der Waals surface area (Å²) in [5.74, 6) is -1.99. The van der Waals surface area contributed by atoms with Gasteiger partial charge in [-0.15, -0.1) is 0 Å². The van der Waals surface area contributed by atoms with Crippen molar-refractivity contribution in [3.05, 3.63) is 75.1 Å². The van der Waals surface area contributed by atoms with Crippen molar-refractivity contribution in [3.63, 3.8) is 0 Å². The summed E-state index contributed by atoms with van der Waals surface area (Å²) in [5, 5.41) is 2.79. The molecule has 0 atom stereocenters. The number of anilines is 2. The van der Waals surface area contributed by atoms with Crippen molar-refractivity contribution in [1.29, 1.82) is 0 Å². The van der Waals surface area contributed by atoms with Gasteiger partial charge in [-0.2, -0.15) is 0 Å². The van der Waals surface area contributed by atoms with Crippen LogP contribution in [0.1, 0.15) is 50.6 Å². The van der Waals surface area contributed by atoms with Crippen LogP contribution in [-0.2, 0) is 0 Å². The minimum atomic E-state index is -0.764. The molecule has 3 amide bonds. The number of amides is 3. The molecule has 4 N–H and O–H groups in total. The summed E-state index contributed by atoms with van der Waals surface area (Å²) < 4.78 is 13.9. The molecule has 1 fully saturated rings. The van der Waals surface area contributed by atoms with Crippen LogP contribution in [0.4, 0.5) is 15.8 Å². The lowest BCUT2D eigenvalue weighted by Gasteiger charge is -2.30. The van der Waals surface area contributed by atoms with E-state index in [1.807, 2.05) is 22.6 Å². The Morgan fingerprint density at radius 1 is 1.11 bits per heavy atom. The van der Waals surface area contributed by atoms with Crippen LogP contribution in [0.25, 0.3) is 0 Å².